The van der Waals surface area contributed by atoms with E-state index in [-0.39, 0.29) is 0 Å². The van der Waals surface area contributed by atoms with E-state index in [1.165, 1.54) is 43.2 Å². The molecule has 2 saturated carbocycles. The molecule has 4 atom stereocenters. The van der Waals surface area contributed by atoms with Crippen LogP contribution in [0.3, 0.4) is 0 Å². The van der Waals surface area contributed by atoms with Gasteiger partial charge < -0.3 is 5.32 Å². The maximum absolute atomic E-state index is 6.31. The van der Waals surface area contributed by atoms with Crippen LogP contribution in [0.2, 0.25) is 5.02 Å². The molecular weight excluding hydrogens is 266 g/mol. The summed E-state index contributed by atoms with van der Waals surface area (Å²) in [5, 5.41) is 4.60. The monoisotopic (exact) mass is 291 g/mol. The summed E-state index contributed by atoms with van der Waals surface area (Å²) in [6.45, 7) is 5.38. The summed E-state index contributed by atoms with van der Waals surface area (Å²) in [4.78, 5) is 0. The molecule has 4 unspecified atom stereocenters. The quantitative estimate of drug-likeness (QED) is 0.793. The van der Waals surface area contributed by atoms with Gasteiger partial charge in [0.15, 0.2) is 0 Å². The van der Waals surface area contributed by atoms with Crippen molar-refractivity contribution in [2.24, 2.45) is 17.8 Å². The number of fused-ring (bicyclic) bond motifs is 2. The lowest BCUT2D eigenvalue weighted by Gasteiger charge is -2.28. The third-order valence-electron chi connectivity index (χ3n) is 5.56. The zero-order valence-electron chi connectivity index (χ0n) is 12.7. The summed E-state index contributed by atoms with van der Waals surface area (Å²) in [5.41, 5.74) is 2.66. The van der Waals surface area contributed by atoms with Crippen molar-refractivity contribution in [3.05, 3.63) is 34.3 Å². The molecule has 1 aromatic carbocycles. The van der Waals surface area contributed by atoms with Crippen LogP contribution in [-0.2, 0) is 0 Å². The Morgan fingerprint density at radius 1 is 1.30 bits per heavy atom. The zero-order chi connectivity index (χ0) is 14.1. The number of hydrogen-bond donors (Lipinski definition) is 1. The van der Waals surface area contributed by atoms with Gasteiger partial charge in [0.1, 0.15) is 0 Å². The Balaban J connectivity index is 1.77. The average molecular weight is 292 g/mol. The fraction of sp³-hybridized carbons (Fsp3) is 0.667. The molecule has 0 spiro atoms. The molecule has 3 rings (SSSR count). The molecule has 0 heterocycles. The molecule has 1 aromatic rings. The standard InChI is InChI=1S/C18H26ClN/c1-3-20-18(16-5-4-6-17(19)12(16)2)11-15-10-13-7-8-14(15)9-13/h4-6,13-15,18,20H,3,7-11H2,1-2H3. The highest BCUT2D eigenvalue weighted by atomic mass is 35.5. The van der Waals surface area contributed by atoms with Gasteiger partial charge in [-0.3, -0.25) is 0 Å². The number of rotatable bonds is 5. The lowest BCUT2D eigenvalue weighted by Crippen LogP contribution is -2.26. The first-order valence-electron chi connectivity index (χ1n) is 8.17. The van der Waals surface area contributed by atoms with Gasteiger partial charge in [-0.05, 0) is 74.1 Å². The highest BCUT2D eigenvalue weighted by Gasteiger charge is 2.40. The molecule has 0 saturated heterocycles. The van der Waals surface area contributed by atoms with Crippen LogP contribution in [0.15, 0.2) is 18.2 Å². The molecule has 0 amide bonds. The van der Waals surface area contributed by atoms with Crippen LogP contribution in [0.25, 0.3) is 0 Å². The number of nitrogens with one attached hydrogen (secondary N) is 1. The van der Waals surface area contributed by atoms with Crippen molar-refractivity contribution in [3.63, 3.8) is 0 Å². The minimum Gasteiger partial charge on any atom is -0.310 e. The van der Waals surface area contributed by atoms with Crippen LogP contribution in [0, 0.1) is 24.7 Å². The highest BCUT2D eigenvalue weighted by molar-refractivity contribution is 6.31. The lowest BCUT2D eigenvalue weighted by atomic mass is 9.82. The van der Waals surface area contributed by atoms with E-state index in [2.05, 4.69) is 31.3 Å². The van der Waals surface area contributed by atoms with Crippen molar-refractivity contribution in [1.29, 1.82) is 0 Å². The zero-order valence-corrected chi connectivity index (χ0v) is 13.4. The fourth-order valence-electron chi connectivity index (χ4n) is 4.54. The van der Waals surface area contributed by atoms with Crippen LogP contribution in [0.1, 0.15) is 56.2 Å². The molecule has 1 N–H and O–H groups in total. The van der Waals surface area contributed by atoms with E-state index < -0.39 is 0 Å². The van der Waals surface area contributed by atoms with Crippen molar-refractivity contribution in [1.82, 2.24) is 5.32 Å². The molecule has 2 heteroatoms. The van der Waals surface area contributed by atoms with E-state index in [9.17, 15) is 0 Å². The van der Waals surface area contributed by atoms with Crippen LogP contribution in [-0.4, -0.2) is 6.54 Å². The van der Waals surface area contributed by atoms with Gasteiger partial charge in [-0.2, -0.15) is 0 Å². The maximum atomic E-state index is 6.31. The Morgan fingerprint density at radius 3 is 2.80 bits per heavy atom. The van der Waals surface area contributed by atoms with E-state index in [1.807, 2.05) is 6.07 Å². The van der Waals surface area contributed by atoms with E-state index in [1.54, 1.807) is 0 Å². The van der Waals surface area contributed by atoms with Gasteiger partial charge in [-0.15, -0.1) is 0 Å². The Morgan fingerprint density at radius 2 is 2.15 bits per heavy atom. The number of benzene rings is 1. The molecule has 2 fully saturated rings. The molecule has 2 aliphatic carbocycles. The third-order valence-corrected chi connectivity index (χ3v) is 5.97. The summed E-state index contributed by atoms with van der Waals surface area (Å²) in [7, 11) is 0. The second kappa shape index (κ2) is 6.07. The predicted molar refractivity (Wildman–Crippen MR) is 86.2 cm³/mol. The molecule has 0 radical (unpaired) electrons. The Kier molecular flexibility index (Phi) is 4.37. The Hall–Kier alpha value is -0.530. The summed E-state index contributed by atoms with van der Waals surface area (Å²) in [6, 6.07) is 6.82. The van der Waals surface area contributed by atoms with Gasteiger partial charge >= 0.3 is 0 Å². The van der Waals surface area contributed by atoms with E-state index in [4.69, 9.17) is 11.6 Å². The summed E-state index contributed by atoms with van der Waals surface area (Å²) in [5.74, 6) is 2.96. The molecule has 0 aliphatic heterocycles. The third kappa shape index (κ3) is 2.76. The average Bonchev–Trinajstić information content (AvgIpc) is 3.04. The van der Waals surface area contributed by atoms with Crippen LogP contribution < -0.4 is 5.32 Å². The lowest BCUT2D eigenvalue weighted by molar-refractivity contribution is 0.280. The van der Waals surface area contributed by atoms with E-state index in [0.717, 1.165) is 29.3 Å². The van der Waals surface area contributed by atoms with Gasteiger partial charge in [-0.1, -0.05) is 37.1 Å². The van der Waals surface area contributed by atoms with Gasteiger partial charge in [0.2, 0.25) is 0 Å². The first-order chi connectivity index (χ1) is 9.69. The van der Waals surface area contributed by atoms with Crippen molar-refractivity contribution in [3.8, 4) is 0 Å². The van der Waals surface area contributed by atoms with Crippen LogP contribution in [0.4, 0.5) is 0 Å². The summed E-state index contributed by atoms with van der Waals surface area (Å²) < 4.78 is 0. The second-order valence-corrected chi connectivity index (χ2v) is 7.14. The molecular formula is C18H26ClN. The molecule has 2 bridgehead atoms. The van der Waals surface area contributed by atoms with Crippen molar-refractivity contribution >= 4 is 11.6 Å². The molecule has 0 aromatic heterocycles. The maximum Gasteiger partial charge on any atom is 0.0438 e. The summed E-state index contributed by atoms with van der Waals surface area (Å²) >= 11 is 6.31. The van der Waals surface area contributed by atoms with Gasteiger partial charge in [0.25, 0.3) is 0 Å². The van der Waals surface area contributed by atoms with Gasteiger partial charge in [-0.25, -0.2) is 0 Å². The number of halogens is 1. The molecule has 20 heavy (non-hydrogen) atoms. The summed E-state index contributed by atoms with van der Waals surface area (Å²) in [6.07, 6.45) is 7.21. The molecule has 2 aliphatic rings. The Labute approximate surface area is 128 Å². The normalized spacial score (nSPS) is 29.9. The SMILES string of the molecule is CCNC(CC1CC2CCC1C2)c1cccc(Cl)c1C. The molecule has 1 nitrogen and oxygen atoms in total. The topological polar surface area (TPSA) is 12.0 Å². The molecule has 110 valence electrons. The fourth-order valence-corrected chi connectivity index (χ4v) is 4.72. The smallest absolute Gasteiger partial charge is 0.0438 e. The predicted octanol–water partition coefficient (Wildman–Crippen LogP) is 5.13. The largest absolute Gasteiger partial charge is 0.310 e. The van der Waals surface area contributed by atoms with Crippen LogP contribution >= 0.6 is 11.6 Å². The van der Waals surface area contributed by atoms with Crippen molar-refractivity contribution < 1.29 is 0 Å². The Bertz CT molecular complexity index is 470. The second-order valence-electron chi connectivity index (χ2n) is 6.73. The minimum absolute atomic E-state index is 0.475. The van der Waals surface area contributed by atoms with Crippen LogP contribution in [0.5, 0.6) is 0 Å². The number of hydrogen-bond acceptors (Lipinski definition) is 1. The first kappa shape index (κ1) is 14.4. The van der Waals surface area contributed by atoms with Gasteiger partial charge in [0, 0.05) is 11.1 Å². The van der Waals surface area contributed by atoms with Crippen molar-refractivity contribution in [2.45, 2.75) is 52.0 Å². The van der Waals surface area contributed by atoms with E-state index in [0.29, 0.717) is 6.04 Å². The van der Waals surface area contributed by atoms with Crippen molar-refractivity contribution in [2.75, 3.05) is 6.54 Å². The van der Waals surface area contributed by atoms with E-state index >= 15 is 0 Å². The minimum atomic E-state index is 0.475. The van der Waals surface area contributed by atoms with Gasteiger partial charge in [0.05, 0.1) is 0 Å². The first-order valence-corrected chi connectivity index (χ1v) is 8.55. The highest BCUT2D eigenvalue weighted by Crippen LogP contribution is 2.51.